The molecule has 10 nitrogen and oxygen atoms in total. The van der Waals surface area contributed by atoms with Crippen molar-refractivity contribution in [3.05, 3.63) is 52.9 Å². The van der Waals surface area contributed by atoms with Crippen LogP contribution >= 0.6 is 11.6 Å². The highest BCUT2D eigenvalue weighted by Gasteiger charge is 2.35. The second kappa shape index (κ2) is 11.5. The summed E-state index contributed by atoms with van der Waals surface area (Å²) >= 11 is 6.46. The fourth-order valence-corrected chi connectivity index (χ4v) is 6.04. The van der Waals surface area contributed by atoms with Gasteiger partial charge in [0, 0.05) is 31.4 Å². The van der Waals surface area contributed by atoms with E-state index in [9.17, 15) is 18.1 Å². The Morgan fingerprint density at radius 1 is 1.32 bits per heavy atom. The minimum atomic E-state index is -3.47. The monoisotopic (exact) mass is 546 g/mol. The van der Waals surface area contributed by atoms with Crippen LogP contribution in [-0.4, -0.2) is 70.6 Å². The van der Waals surface area contributed by atoms with Gasteiger partial charge in [-0.3, -0.25) is 0 Å². The predicted molar refractivity (Wildman–Crippen MR) is 140 cm³/mol. The average molecular weight is 547 g/mol. The van der Waals surface area contributed by atoms with Gasteiger partial charge in [-0.2, -0.15) is 14.7 Å². The maximum absolute atomic E-state index is 14.9. The van der Waals surface area contributed by atoms with Gasteiger partial charge in [-0.1, -0.05) is 24.6 Å². The maximum Gasteiger partial charge on any atom is 0.223 e. The third-order valence-corrected chi connectivity index (χ3v) is 8.42. The Bertz CT molecular complexity index is 1410. The molecular formula is C24H28ClFN8O2S. The number of rotatable bonds is 9. The summed E-state index contributed by atoms with van der Waals surface area (Å²) in [4.78, 5) is 8.64. The van der Waals surface area contributed by atoms with Gasteiger partial charge < -0.3 is 10.6 Å². The number of aromatic nitrogens is 4. The minimum Gasteiger partial charge on any atom is -0.348 e. The molecule has 0 amide bonds. The number of nitriles is 1. The fraction of sp³-hybridized carbons (Fsp3) is 0.417. The van der Waals surface area contributed by atoms with E-state index in [0.717, 1.165) is 5.56 Å². The van der Waals surface area contributed by atoms with Crippen LogP contribution < -0.4 is 10.6 Å². The summed E-state index contributed by atoms with van der Waals surface area (Å²) in [6.45, 7) is 2.45. The second-order valence-corrected chi connectivity index (χ2v) is 11.3. The third-order valence-electron chi connectivity index (χ3n) is 6.08. The van der Waals surface area contributed by atoms with Crippen molar-refractivity contribution in [2.45, 2.75) is 38.5 Å². The van der Waals surface area contributed by atoms with Gasteiger partial charge >= 0.3 is 0 Å². The summed E-state index contributed by atoms with van der Waals surface area (Å²) in [5, 5.41) is 20.6. The molecule has 37 heavy (non-hydrogen) atoms. The van der Waals surface area contributed by atoms with Gasteiger partial charge in [-0.25, -0.2) is 27.5 Å². The van der Waals surface area contributed by atoms with Crippen molar-refractivity contribution >= 4 is 27.6 Å². The van der Waals surface area contributed by atoms with Crippen LogP contribution in [0.15, 0.2) is 36.8 Å². The molecule has 0 radical (unpaired) electrons. The maximum atomic E-state index is 14.9. The topological polar surface area (TPSA) is 129 Å². The number of nitrogens with zero attached hydrogens (tertiary/aromatic N) is 6. The van der Waals surface area contributed by atoms with Crippen molar-refractivity contribution in [2.24, 2.45) is 0 Å². The van der Waals surface area contributed by atoms with Gasteiger partial charge in [-0.15, -0.1) is 0 Å². The molecule has 4 rings (SSSR count). The summed E-state index contributed by atoms with van der Waals surface area (Å²) in [6.07, 6.45) is 3.96. The van der Waals surface area contributed by atoms with E-state index < -0.39 is 22.2 Å². The molecule has 1 aromatic carbocycles. The van der Waals surface area contributed by atoms with Crippen LogP contribution in [0.25, 0.3) is 16.9 Å². The highest BCUT2D eigenvalue weighted by Crippen LogP contribution is 2.27. The Hall–Kier alpha value is -3.11. The van der Waals surface area contributed by atoms with E-state index in [-0.39, 0.29) is 36.8 Å². The largest absolute Gasteiger partial charge is 0.348 e. The molecule has 0 bridgehead atoms. The van der Waals surface area contributed by atoms with E-state index in [1.807, 2.05) is 25.2 Å². The van der Waals surface area contributed by atoms with Crippen molar-refractivity contribution in [1.29, 1.82) is 5.26 Å². The number of nitrogens with one attached hydrogen (secondary N) is 2. The molecule has 3 heterocycles. The van der Waals surface area contributed by atoms with Crippen molar-refractivity contribution in [3.63, 3.8) is 0 Å². The first kappa shape index (κ1) is 26.9. The minimum absolute atomic E-state index is 0.00110. The van der Waals surface area contributed by atoms with Crippen molar-refractivity contribution < 1.29 is 12.8 Å². The van der Waals surface area contributed by atoms with Crippen molar-refractivity contribution in [3.8, 4) is 23.0 Å². The van der Waals surface area contributed by atoms with E-state index >= 15 is 0 Å². The Morgan fingerprint density at radius 3 is 2.81 bits per heavy atom. The Kier molecular flexibility index (Phi) is 8.39. The first-order chi connectivity index (χ1) is 17.7. The predicted octanol–water partition coefficient (Wildman–Crippen LogP) is 3.14. The van der Waals surface area contributed by atoms with Gasteiger partial charge in [0.05, 0.1) is 46.2 Å². The van der Waals surface area contributed by atoms with E-state index in [0.29, 0.717) is 34.9 Å². The van der Waals surface area contributed by atoms with Crippen LogP contribution in [0.3, 0.4) is 0 Å². The Balaban J connectivity index is 1.54. The van der Waals surface area contributed by atoms with Crippen molar-refractivity contribution in [1.82, 2.24) is 29.4 Å². The molecule has 3 aromatic rings. The van der Waals surface area contributed by atoms with E-state index in [1.165, 1.54) is 10.5 Å². The normalized spacial score (nSPS) is 18.5. The lowest BCUT2D eigenvalue weighted by Gasteiger charge is -2.34. The SMILES string of the molecule is CCCS(=O)(=O)N1CC[C@H](Nc2ncc(C#N)c(-c3cnn(-c4ccc(CNC)cc4Cl)c3)n2)[C@H](F)C1. The number of hydrogen-bond acceptors (Lipinski definition) is 8. The number of piperidine rings is 1. The molecule has 196 valence electrons. The Morgan fingerprint density at radius 2 is 2.14 bits per heavy atom. The zero-order valence-corrected chi connectivity index (χ0v) is 22.1. The number of alkyl halides is 1. The summed E-state index contributed by atoms with van der Waals surface area (Å²) < 4.78 is 42.3. The zero-order chi connectivity index (χ0) is 26.6. The molecule has 1 fully saturated rings. The summed E-state index contributed by atoms with van der Waals surface area (Å²) in [6, 6.07) is 7.08. The van der Waals surface area contributed by atoms with Crippen LogP contribution in [0.5, 0.6) is 0 Å². The number of benzene rings is 1. The molecule has 2 aromatic heterocycles. The van der Waals surface area contributed by atoms with E-state index in [4.69, 9.17) is 11.6 Å². The molecule has 2 N–H and O–H groups in total. The molecule has 0 unspecified atom stereocenters. The molecule has 13 heteroatoms. The first-order valence-corrected chi connectivity index (χ1v) is 13.9. The highest BCUT2D eigenvalue weighted by molar-refractivity contribution is 7.89. The highest BCUT2D eigenvalue weighted by atomic mass is 35.5. The zero-order valence-electron chi connectivity index (χ0n) is 20.5. The average Bonchev–Trinajstić information content (AvgIpc) is 3.35. The molecule has 1 aliphatic rings. The molecular weight excluding hydrogens is 519 g/mol. The lowest BCUT2D eigenvalue weighted by molar-refractivity contribution is 0.185. The standard InChI is InChI=1S/C24H28ClFN8O2S/c1-3-8-37(35,36)33-7-6-21(20(26)15-33)31-24-29-12-17(10-27)23(32-24)18-13-30-34(14-18)22-5-4-16(11-28-2)9-19(22)25/h4-5,9,12-14,20-21,28H,3,6-8,11,15H2,1-2H3,(H,29,31,32)/t20-,21+/m1/s1. The van der Waals surface area contributed by atoms with Gasteiger partial charge in [0.15, 0.2) is 0 Å². The Labute approximate surface area is 220 Å². The van der Waals surface area contributed by atoms with Crippen molar-refractivity contribution in [2.75, 3.05) is 31.2 Å². The third kappa shape index (κ3) is 6.07. The molecule has 0 aliphatic carbocycles. The summed E-state index contributed by atoms with van der Waals surface area (Å²) in [5.74, 6) is 0.146. The molecule has 2 atom stereocenters. The quantitative estimate of drug-likeness (QED) is 0.419. The molecule has 1 aliphatic heterocycles. The number of anilines is 1. The summed E-state index contributed by atoms with van der Waals surface area (Å²) in [5.41, 5.74) is 2.84. The molecule has 0 saturated carbocycles. The lowest BCUT2D eigenvalue weighted by atomic mass is 10.1. The van der Waals surface area contributed by atoms with Gasteiger partial charge in [0.1, 0.15) is 12.2 Å². The van der Waals surface area contributed by atoms with Gasteiger partial charge in [0.25, 0.3) is 0 Å². The van der Waals surface area contributed by atoms with Crippen LogP contribution in [0.1, 0.15) is 30.9 Å². The molecule has 1 saturated heterocycles. The van der Waals surface area contributed by atoms with E-state index in [1.54, 1.807) is 24.0 Å². The van der Waals surface area contributed by atoms with Crippen LogP contribution in [-0.2, 0) is 16.6 Å². The number of halogens is 2. The van der Waals surface area contributed by atoms with Gasteiger partial charge in [0.2, 0.25) is 16.0 Å². The van der Waals surface area contributed by atoms with E-state index in [2.05, 4.69) is 31.8 Å². The first-order valence-electron chi connectivity index (χ1n) is 11.9. The fourth-order valence-electron chi connectivity index (χ4n) is 4.23. The smallest absolute Gasteiger partial charge is 0.223 e. The summed E-state index contributed by atoms with van der Waals surface area (Å²) in [7, 11) is -1.61. The number of hydrogen-bond donors (Lipinski definition) is 2. The molecule has 0 spiro atoms. The number of sulfonamides is 1. The lowest BCUT2D eigenvalue weighted by Crippen LogP contribution is -2.50. The van der Waals surface area contributed by atoms with Crippen LogP contribution in [0, 0.1) is 11.3 Å². The van der Waals surface area contributed by atoms with Crippen LogP contribution in [0.4, 0.5) is 10.3 Å². The van der Waals surface area contributed by atoms with Gasteiger partial charge in [-0.05, 0) is 37.6 Å². The second-order valence-electron chi connectivity index (χ2n) is 8.79. The van der Waals surface area contributed by atoms with Crippen LogP contribution in [0.2, 0.25) is 5.02 Å².